The predicted octanol–water partition coefficient (Wildman–Crippen LogP) is 3.71. The highest BCUT2D eigenvalue weighted by molar-refractivity contribution is 5.73. The van der Waals surface area contributed by atoms with Crippen LogP contribution in [0.3, 0.4) is 0 Å². The minimum atomic E-state index is -0.244. The number of oxazole rings is 1. The molecule has 0 bridgehead atoms. The van der Waals surface area contributed by atoms with Gasteiger partial charge in [-0.25, -0.2) is 9.78 Å². The largest absolute Gasteiger partial charge is 0.497 e. The summed E-state index contributed by atoms with van der Waals surface area (Å²) in [4.78, 5) is 16.6. The lowest BCUT2D eigenvalue weighted by Gasteiger charge is -2.07. The van der Waals surface area contributed by atoms with Crippen molar-refractivity contribution in [1.82, 2.24) is 15.6 Å². The first kappa shape index (κ1) is 20.3. The van der Waals surface area contributed by atoms with Crippen LogP contribution in [0, 0.1) is 6.92 Å². The highest BCUT2D eigenvalue weighted by Gasteiger charge is 2.16. The van der Waals surface area contributed by atoms with E-state index in [1.165, 1.54) is 5.56 Å². The lowest BCUT2D eigenvalue weighted by Crippen LogP contribution is -2.36. The molecule has 3 aromatic rings. The normalized spacial score (nSPS) is 10.4. The maximum absolute atomic E-state index is 12.1. The molecule has 3 rings (SSSR count). The third kappa shape index (κ3) is 5.28. The van der Waals surface area contributed by atoms with Gasteiger partial charge in [0.2, 0.25) is 5.89 Å². The summed E-state index contributed by atoms with van der Waals surface area (Å²) in [7, 11) is 3.18. The van der Waals surface area contributed by atoms with Crippen LogP contribution in [0.15, 0.2) is 52.9 Å². The van der Waals surface area contributed by atoms with Gasteiger partial charge in [-0.2, -0.15) is 0 Å². The number of amides is 2. The number of urea groups is 1. The van der Waals surface area contributed by atoms with Gasteiger partial charge in [-0.15, -0.1) is 0 Å². The fourth-order valence-electron chi connectivity index (χ4n) is 2.87. The number of carbonyl (C=O) groups excluding carboxylic acids is 1. The summed E-state index contributed by atoms with van der Waals surface area (Å²) in [5.74, 6) is 2.36. The van der Waals surface area contributed by atoms with Crippen molar-refractivity contribution in [3.8, 4) is 23.0 Å². The van der Waals surface area contributed by atoms with E-state index in [0.717, 1.165) is 12.0 Å². The van der Waals surface area contributed by atoms with Crippen LogP contribution in [0.25, 0.3) is 11.5 Å². The number of ether oxygens (including phenoxy) is 2. The van der Waals surface area contributed by atoms with E-state index >= 15 is 0 Å². The van der Waals surface area contributed by atoms with Gasteiger partial charge in [-0.3, -0.25) is 0 Å². The van der Waals surface area contributed by atoms with Gasteiger partial charge in [0.1, 0.15) is 23.0 Å². The fraction of sp³-hybridized carbons (Fsp3) is 0.273. The van der Waals surface area contributed by atoms with Crippen molar-refractivity contribution in [1.29, 1.82) is 0 Å². The smallest absolute Gasteiger partial charge is 0.315 e. The van der Waals surface area contributed by atoms with Crippen molar-refractivity contribution in [2.75, 3.05) is 20.8 Å². The van der Waals surface area contributed by atoms with E-state index in [4.69, 9.17) is 13.9 Å². The molecule has 0 saturated heterocycles. The van der Waals surface area contributed by atoms with E-state index in [-0.39, 0.29) is 12.6 Å². The first-order valence-corrected chi connectivity index (χ1v) is 9.35. The zero-order valence-electron chi connectivity index (χ0n) is 16.8. The van der Waals surface area contributed by atoms with Crippen LogP contribution < -0.4 is 20.1 Å². The molecule has 7 nitrogen and oxygen atoms in total. The minimum Gasteiger partial charge on any atom is -0.497 e. The number of carbonyl (C=O) groups is 1. The number of aromatic nitrogens is 1. The molecule has 2 amide bonds. The van der Waals surface area contributed by atoms with Gasteiger partial charge < -0.3 is 24.5 Å². The van der Waals surface area contributed by atoms with Crippen molar-refractivity contribution in [2.45, 2.75) is 19.9 Å². The number of aryl methyl sites for hydroxylation is 1. The summed E-state index contributed by atoms with van der Waals surface area (Å²) in [6.45, 7) is 2.64. The Morgan fingerprint density at radius 3 is 2.59 bits per heavy atom. The van der Waals surface area contributed by atoms with Crippen LogP contribution in [-0.2, 0) is 13.0 Å². The highest BCUT2D eigenvalue weighted by Crippen LogP contribution is 2.33. The zero-order chi connectivity index (χ0) is 20.6. The number of nitrogens with zero attached hydrogens (tertiary/aromatic N) is 1. The van der Waals surface area contributed by atoms with Crippen LogP contribution in [0.1, 0.15) is 17.0 Å². The standard InChI is InChI=1S/C22H25N3O4/c1-15-19(14-24-22(26)23-12-11-16-7-5-4-6-8-16)25-21(29-15)18-10-9-17(27-2)13-20(18)28-3/h4-10,13H,11-12,14H2,1-3H3,(H2,23,24,26). The summed E-state index contributed by atoms with van der Waals surface area (Å²) in [5, 5.41) is 5.66. The maximum atomic E-state index is 12.1. The minimum absolute atomic E-state index is 0.244. The van der Waals surface area contributed by atoms with E-state index in [1.807, 2.05) is 49.4 Å². The molecule has 0 aliphatic rings. The average Bonchev–Trinajstić information content (AvgIpc) is 3.12. The third-order valence-electron chi connectivity index (χ3n) is 4.49. The fourth-order valence-corrected chi connectivity index (χ4v) is 2.87. The first-order chi connectivity index (χ1) is 14.1. The second kappa shape index (κ2) is 9.64. The Labute approximate surface area is 170 Å². The molecular weight excluding hydrogens is 370 g/mol. The molecule has 0 fully saturated rings. The van der Waals surface area contributed by atoms with Crippen molar-refractivity contribution >= 4 is 6.03 Å². The Morgan fingerprint density at radius 2 is 1.86 bits per heavy atom. The Balaban J connectivity index is 1.57. The molecule has 2 N–H and O–H groups in total. The second-order valence-corrected chi connectivity index (χ2v) is 6.43. The lowest BCUT2D eigenvalue weighted by molar-refractivity contribution is 0.240. The van der Waals surface area contributed by atoms with Crippen molar-refractivity contribution in [2.24, 2.45) is 0 Å². The zero-order valence-corrected chi connectivity index (χ0v) is 16.8. The van der Waals surface area contributed by atoms with Gasteiger partial charge in [0.15, 0.2) is 0 Å². The van der Waals surface area contributed by atoms with Gasteiger partial charge in [-0.1, -0.05) is 30.3 Å². The van der Waals surface area contributed by atoms with Crippen LogP contribution in [0.4, 0.5) is 4.79 Å². The topological polar surface area (TPSA) is 85.6 Å². The molecule has 29 heavy (non-hydrogen) atoms. The molecular formula is C22H25N3O4. The van der Waals surface area contributed by atoms with Crippen LogP contribution in [0.2, 0.25) is 0 Å². The summed E-state index contributed by atoms with van der Waals surface area (Å²) in [6, 6.07) is 15.2. The number of hydrogen-bond donors (Lipinski definition) is 2. The van der Waals surface area contributed by atoms with E-state index in [0.29, 0.717) is 35.4 Å². The van der Waals surface area contributed by atoms with Gasteiger partial charge >= 0.3 is 6.03 Å². The van der Waals surface area contributed by atoms with Gasteiger partial charge in [-0.05, 0) is 31.0 Å². The first-order valence-electron chi connectivity index (χ1n) is 9.35. The average molecular weight is 395 g/mol. The lowest BCUT2D eigenvalue weighted by atomic mass is 10.1. The predicted molar refractivity (Wildman–Crippen MR) is 110 cm³/mol. The SMILES string of the molecule is COc1ccc(-c2nc(CNC(=O)NCCc3ccccc3)c(C)o2)c(OC)c1. The number of benzene rings is 2. The molecule has 0 unspecified atom stereocenters. The molecule has 152 valence electrons. The summed E-state index contributed by atoms with van der Waals surface area (Å²) < 4.78 is 16.4. The molecule has 1 aromatic heterocycles. The monoisotopic (exact) mass is 395 g/mol. The Hall–Kier alpha value is -3.48. The van der Waals surface area contributed by atoms with Gasteiger partial charge in [0.25, 0.3) is 0 Å². The summed E-state index contributed by atoms with van der Waals surface area (Å²) in [5.41, 5.74) is 2.56. The van der Waals surface area contributed by atoms with E-state index in [1.54, 1.807) is 20.3 Å². The molecule has 0 spiro atoms. The number of nitrogens with one attached hydrogen (secondary N) is 2. The van der Waals surface area contributed by atoms with Gasteiger partial charge in [0.05, 0.1) is 26.3 Å². The van der Waals surface area contributed by atoms with Crippen molar-refractivity contribution < 1.29 is 18.7 Å². The van der Waals surface area contributed by atoms with Crippen LogP contribution in [0.5, 0.6) is 11.5 Å². The number of hydrogen-bond acceptors (Lipinski definition) is 5. The maximum Gasteiger partial charge on any atom is 0.315 e. The molecule has 0 radical (unpaired) electrons. The molecule has 0 saturated carbocycles. The Morgan fingerprint density at radius 1 is 1.07 bits per heavy atom. The van der Waals surface area contributed by atoms with E-state index in [9.17, 15) is 4.79 Å². The van der Waals surface area contributed by atoms with Crippen molar-refractivity contribution in [3.05, 3.63) is 65.5 Å². The molecule has 0 aliphatic heterocycles. The van der Waals surface area contributed by atoms with Crippen molar-refractivity contribution in [3.63, 3.8) is 0 Å². The summed E-state index contributed by atoms with van der Waals surface area (Å²) in [6.07, 6.45) is 0.776. The molecule has 2 aromatic carbocycles. The van der Waals surface area contributed by atoms with Gasteiger partial charge in [0, 0.05) is 12.6 Å². The molecule has 1 heterocycles. The van der Waals surface area contributed by atoms with Crippen LogP contribution in [-0.4, -0.2) is 31.8 Å². The molecule has 0 atom stereocenters. The highest BCUT2D eigenvalue weighted by atomic mass is 16.5. The molecule has 0 aliphatic carbocycles. The number of methoxy groups -OCH3 is 2. The van der Waals surface area contributed by atoms with E-state index in [2.05, 4.69) is 15.6 Å². The Kier molecular flexibility index (Phi) is 6.73. The summed E-state index contributed by atoms with van der Waals surface area (Å²) >= 11 is 0. The Bertz CT molecular complexity index is 954. The van der Waals surface area contributed by atoms with E-state index < -0.39 is 0 Å². The second-order valence-electron chi connectivity index (χ2n) is 6.43. The molecule has 7 heteroatoms. The third-order valence-corrected chi connectivity index (χ3v) is 4.49. The quantitative estimate of drug-likeness (QED) is 0.607. The number of rotatable bonds is 8. The van der Waals surface area contributed by atoms with Crippen LogP contribution >= 0.6 is 0 Å².